The second-order valence-corrected chi connectivity index (χ2v) is 8.48. The van der Waals surface area contributed by atoms with E-state index in [0.29, 0.717) is 22.8 Å². The van der Waals surface area contributed by atoms with Crippen LogP contribution in [0.3, 0.4) is 0 Å². The zero-order valence-electron chi connectivity index (χ0n) is 18.8. The van der Waals surface area contributed by atoms with E-state index in [1.165, 1.54) is 12.8 Å². The molecule has 0 saturated heterocycles. The largest absolute Gasteiger partial charge is 0.486 e. The molecule has 0 atom stereocenters. The molecule has 1 fully saturated rings. The van der Waals surface area contributed by atoms with Gasteiger partial charge in [-0.05, 0) is 56.2 Å². The summed E-state index contributed by atoms with van der Waals surface area (Å²) in [7, 11) is 0. The number of carbonyl (C=O) groups is 2. The minimum absolute atomic E-state index is 0.151. The maximum Gasteiger partial charge on any atom is 0.273 e. The average Bonchev–Trinajstić information content (AvgIpc) is 3.15. The highest BCUT2D eigenvalue weighted by Crippen LogP contribution is 2.20. The number of aromatic nitrogens is 1. The number of ether oxygens (including phenoxy) is 1. The number of benzene rings is 2. The molecule has 1 aliphatic carbocycles. The van der Waals surface area contributed by atoms with Gasteiger partial charge in [0.25, 0.3) is 11.8 Å². The third-order valence-electron chi connectivity index (χ3n) is 5.76. The summed E-state index contributed by atoms with van der Waals surface area (Å²) in [6, 6.07) is 16.3. The van der Waals surface area contributed by atoms with Gasteiger partial charge in [-0.15, -0.1) is 0 Å². The summed E-state index contributed by atoms with van der Waals surface area (Å²) in [4.78, 5) is 24.8. The molecule has 0 aliphatic heterocycles. The molecule has 7 heteroatoms. The zero-order valence-corrected chi connectivity index (χ0v) is 18.8. The van der Waals surface area contributed by atoms with Crippen LogP contribution < -0.4 is 15.4 Å². The van der Waals surface area contributed by atoms with Crippen LogP contribution in [-0.2, 0) is 6.61 Å². The monoisotopic (exact) mass is 447 g/mol. The molecule has 0 bridgehead atoms. The molecule has 2 amide bonds. The fourth-order valence-electron chi connectivity index (χ4n) is 3.95. The number of hydrogen-bond donors (Lipinski definition) is 2. The Morgan fingerprint density at radius 1 is 1.00 bits per heavy atom. The molecule has 7 nitrogen and oxygen atoms in total. The maximum atomic E-state index is 12.5. The van der Waals surface area contributed by atoms with Crippen molar-refractivity contribution in [2.75, 3.05) is 5.32 Å². The highest BCUT2D eigenvalue weighted by atomic mass is 16.5. The summed E-state index contributed by atoms with van der Waals surface area (Å²) in [5, 5.41) is 9.82. The van der Waals surface area contributed by atoms with Crippen LogP contribution in [-0.4, -0.2) is 23.0 Å². The van der Waals surface area contributed by atoms with Crippen molar-refractivity contribution in [2.24, 2.45) is 0 Å². The standard InChI is InChI=1S/C26H29N3O4/c1-18-7-6-8-19(15-18)25(30)27-21-11-13-22(14-12-21)32-17-23-16-24(29-33-23)26(31)28-20-9-4-2-3-5-10-20/h6-8,11-16,20H,2-5,9-10,17H2,1H3,(H,27,30)(H,28,31). The minimum Gasteiger partial charge on any atom is -0.486 e. The van der Waals surface area contributed by atoms with Crippen LogP contribution in [0.4, 0.5) is 5.69 Å². The number of carbonyl (C=O) groups excluding carboxylic acids is 2. The van der Waals surface area contributed by atoms with Gasteiger partial charge in [0, 0.05) is 23.4 Å². The van der Waals surface area contributed by atoms with Gasteiger partial charge in [-0.2, -0.15) is 0 Å². The second kappa shape index (κ2) is 10.8. The summed E-state index contributed by atoms with van der Waals surface area (Å²) >= 11 is 0. The van der Waals surface area contributed by atoms with Gasteiger partial charge in [0.2, 0.25) is 0 Å². The van der Waals surface area contributed by atoms with Gasteiger partial charge in [0.1, 0.15) is 12.4 Å². The van der Waals surface area contributed by atoms with Crippen LogP contribution in [0.1, 0.15) is 70.7 Å². The number of nitrogens with one attached hydrogen (secondary N) is 2. The van der Waals surface area contributed by atoms with Gasteiger partial charge in [-0.1, -0.05) is 48.5 Å². The van der Waals surface area contributed by atoms with Gasteiger partial charge in [-0.25, -0.2) is 0 Å². The van der Waals surface area contributed by atoms with Crippen molar-refractivity contribution in [3.63, 3.8) is 0 Å². The minimum atomic E-state index is -0.203. The lowest BCUT2D eigenvalue weighted by molar-refractivity contribution is 0.0923. The number of rotatable bonds is 7. The van der Waals surface area contributed by atoms with E-state index in [0.717, 1.165) is 31.2 Å². The lowest BCUT2D eigenvalue weighted by atomic mass is 10.1. The molecule has 2 N–H and O–H groups in total. The first-order chi connectivity index (χ1) is 16.1. The molecule has 1 aromatic heterocycles. The van der Waals surface area contributed by atoms with Crippen molar-refractivity contribution in [2.45, 2.75) is 58.1 Å². The molecule has 4 rings (SSSR count). The molecular weight excluding hydrogens is 418 g/mol. The molecule has 2 aromatic carbocycles. The van der Waals surface area contributed by atoms with Gasteiger partial charge >= 0.3 is 0 Å². The average molecular weight is 448 g/mol. The quantitative estimate of drug-likeness (QED) is 0.482. The third kappa shape index (κ3) is 6.44. The van der Waals surface area contributed by atoms with Crippen LogP contribution in [0, 0.1) is 6.92 Å². The summed E-state index contributed by atoms with van der Waals surface area (Å²) in [5.74, 6) is 0.719. The number of amides is 2. The van der Waals surface area contributed by atoms with E-state index in [4.69, 9.17) is 9.26 Å². The fraction of sp³-hybridized carbons (Fsp3) is 0.346. The second-order valence-electron chi connectivity index (χ2n) is 8.48. The van der Waals surface area contributed by atoms with Crippen LogP contribution in [0.2, 0.25) is 0 Å². The molecule has 3 aromatic rings. The number of anilines is 1. The molecule has 33 heavy (non-hydrogen) atoms. The van der Waals surface area contributed by atoms with E-state index >= 15 is 0 Å². The van der Waals surface area contributed by atoms with E-state index in [-0.39, 0.29) is 30.2 Å². The van der Waals surface area contributed by atoms with Crippen LogP contribution in [0.15, 0.2) is 59.1 Å². The number of hydrogen-bond acceptors (Lipinski definition) is 5. The predicted octanol–water partition coefficient (Wildman–Crippen LogP) is 5.27. The van der Waals surface area contributed by atoms with Crippen LogP contribution in [0.25, 0.3) is 0 Å². The first-order valence-corrected chi connectivity index (χ1v) is 11.4. The van der Waals surface area contributed by atoms with Gasteiger partial charge in [0.05, 0.1) is 0 Å². The Balaban J connectivity index is 1.27. The van der Waals surface area contributed by atoms with Crippen LogP contribution >= 0.6 is 0 Å². The molecule has 172 valence electrons. The Morgan fingerprint density at radius 2 is 1.76 bits per heavy atom. The summed E-state index contributed by atoms with van der Waals surface area (Å²) in [5.41, 5.74) is 2.58. The molecular formula is C26H29N3O4. The zero-order chi connectivity index (χ0) is 23.0. The molecule has 0 radical (unpaired) electrons. The van der Waals surface area contributed by atoms with E-state index in [1.54, 1.807) is 36.4 Å². The Morgan fingerprint density at radius 3 is 2.48 bits per heavy atom. The van der Waals surface area contributed by atoms with Gasteiger partial charge in [-0.3, -0.25) is 9.59 Å². The van der Waals surface area contributed by atoms with Crippen molar-refractivity contribution < 1.29 is 18.8 Å². The SMILES string of the molecule is Cc1cccc(C(=O)Nc2ccc(OCc3cc(C(=O)NC4CCCCCC4)no3)cc2)c1. The topological polar surface area (TPSA) is 93.5 Å². The molecule has 1 aliphatic rings. The maximum absolute atomic E-state index is 12.5. The first kappa shape index (κ1) is 22.6. The van der Waals surface area contributed by atoms with Crippen molar-refractivity contribution >= 4 is 17.5 Å². The van der Waals surface area contributed by atoms with Gasteiger partial charge < -0.3 is 19.9 Å². The van der Waals surface area contributed by atoms with E-state index in [9.17, 15) is 9.59 Å². The van der Waals surface area contributed by atoms with Crippen LogP contribution in [0.5, 0.6) is 5.75 Å². The molecule has 1 saturated carbocycles. The summed E-state index contributed by atoms with van der Waals surface area (Å²) in [6.07, 6.45) is 6.80. The fourth-order valence-corrected chi connectivity index (χ4v) is 3.95. The first-order valence-electron chi connectivity index (χ1n) is 11.4. The Bertz CT molecular complexity index is 1080. The molecule has 0 unspecified atom stereocenters. The lowest BCUT2D eigenvalue weighted by Gasteiger charge is -2.14. The van der Waals surface area contributed by atoms with Crippen molar-refractivity contribution in [1.82, 2.24) is 10.5 Å². The van der Waals surface area contributed by atoms with Crippen molar-refractivity contribution in [3.8, 4) is 5.75 Å². The molecule has 0 spiro atoms. The Labute approximate surface area is 193 Å². The van der Waals surface area contributed by atoms with E-state index < -0.39 is 0 Å². The van der Waals surface area contributed by atoms with E-state index in [1.807, 2.05) is 25.1 Å². The highest BCUT2D eigenvalue weighted by molar-refractivity contribution is 6.04. The van der Waals surface area contributed by atoms with Crippen molar-refractivity contribution in [3.05, 3.63) is 77.2 Å². The predicted molar refractivity (Wildman–Crippen MR) is 125 cm³/mol. The normalized spacial score (nSPS) is 14.3. The number of nitrogens with zero attached hydrogens (tertiary/aromatic N) is 1. The smallest absolute Gasteiger partial charge is 0.273 e. The Kier molecular flexibility index (Phi) is 7.40. The Hall–Kier alpha value is -3.61. The third-order valence-corrected chi connectivity index (χ3v) is 5.76. The van der Waals surface area contributed by atoms with Gasteiger partial charge in [0.15, 0.2) is 11.5 Å². The molecule has 1 heterocycles. The highest BCUT2D eigenvalue weighted by Gasteiger charge is 2.18. The summed E-state index contributed by atoms with van der Waals surface area (Å²) in [6.45, 7) is 2.10. The number of aryl methyl sites for hydroxylation is 1. The van der Waals surface area contributed by atoms with Crippen molar-refractivity contribution in [1.29, 1.82) is 0 Å². The summed E-state index contributed by atoms with van der Waals surface area (Å²) < 4.78 is 11.0. The lowest BCUT2D eigenvalue weighted by Crippen LogP contribution is -2.34. The van der Waals surface area contributed by atoms with E-state index in [2.05, 4.69) is 15.8 Å².